The molecule has 142 valence electrons. The molecular weight excluding hydrogens is 358 g/mol. The van der Waals surface area contributed by atoms with Crippen molar-refractivity contribution in [2.45, 2.75) is 13.0 Å². The highest BCUT2D eigenvalue weighted by molar-refractivity contribution is 6.04. The molecule has 1 atom stereocenters. The monoisotopic (exact) mass is 377 g/mol. The quantitative estimate of drug-likeness (QED) is 0.711. The van der Waals surface area contributed by atoms with Crippen LogP contribution in [0, 0.1) is 0 Å². The maximum absolute atomic E-state index is 12.9. The van der Waals surface area contributed by atoms with Crippen LogP contribution < -0.4 is 10.9 Å². The summed E-state index contributed by atoms with van der Waals surface area (Å²) in [6.07, 6.45) is 0. The average Bonchev–Trinajstić information content (AvgIpc) is 2.70. The molecule has 1 amide bonds. The lowest BCUT2D eigenvalue weighted by molar-refractivity contribution is -0.138. The normalized spacial score (nSPS) is 11.6. The van der Waals surface area contributed by atoms with E-state index in [0.29, 0.717) is 16.8 Å². The lowest BCUT2D eigenvalue weighted by Crippen LogP contribution is -2.42. The fourth-order valence-electron chi connectivity index (χ4n) is 2.86. The number of aromatic nitrogens is 2. The summed E-state index contributed by atoms with van der Waals surface area (Å²) in [5, 5.41) is 15.9. The highest BCUT2D eigenvalue weighted by Gasteiger charge is 2.26. The number of hydrogen-bond donors (Lipinski definition) is 2. The molecule has 0 fully saturated rings. The molecule has 0 radical (unpaired) electrons. The molecule has 0 saturated carbocycles. The first kappa shape index (κ1) is 19.0. The van der Waals surface area contributed by atoms with Gasteiger partial charge in [-0.2, -0.15) is 5.10 Å². The predicted octanol–water partition coefficient (Wildman–Crippen LogP) is 2.32. The van der Waals surface area contributed by atoms with Crippen LogP contribution in [0.1, 0.15) is 17.3 Å². The number of amides is 1. The van der Waals surface area contributed by atoms with Gasteiger partial charge < -0.3 is 10.4 Å². The number of rotatable bonds is 5. The lowest BCUT2D eigenvalue weighted by atomic mass is 9.95. The maximum Gasteiger partial charge on any atom is 0.325 e. The molecule has 0 saturated heterocycles. The molecule has 2 aromatic carbocycles. The van der Waals surface area contributed by atoms with Gasteiger partial charge in [0, 0.05) is 18.2 Å². The van der Waals surface area contributed by atoms with Crippen LogP contribution in [0.15, 0.2) is 65.5 Å². The highest BCUT2D eigenvalue weighted by atomic mass is 16.4. The second kappa shape index (κ2) is 7.87. The van der Waals surface area contributed by atoms with Crippen molar-refractivity contribution in [1.29, 1.82) is 0 Å². The molecule has 0 aliphatic heterocycles. The number of nitrogens with one attached hydrogen (secondary N) is 1. The summed E-state index contributed by atoms with van der Waals surface area (Å²) in [6.45, 7) is 1.34. The molecule has 3 aromatic rings. The fraction of sp³-hybridized carbons (Fsp3) is 0.143. The topological polar surface area (TPSA) is 101 Å². The van der Waals surface area contributed by atoms with E-state index in [4.69, 9.17) is 5.11 Å². The van der Waals surface area contributed by atoms with Crippen molar-refractivity contribution in [2.24, 2.45) is 7.05 Å². The number of carbonyl (C=O) groups is 2. The van der Waals surface area contributed by atoms with E-state index >= 15 is 0 Å². The maximum atomic E-state index is 12.9. The Balaban J connectivity index is 2.31. The van der Waals surface area contributed by atoms with Crippen LogP contribution in [0.25, 0.3) is 22.4 Å². The molecule has 0 aliphatic carbocycles. The molecule has 1 heterocycles. The molecule has 7 nitrogen and oxygen atoms in total. The summed E-state index contributed by atoms with van der Waals surface area (Å²) in [6, 6.07) is 17.0. The first-order valence-corrected chi connectivity index (χ1v) is 8.66. The molecule has 0 bridgehead atoms. The van der Waals surface area contributed by atoms with E-state index in [-0.39, 0.29) is 5.56 Å². The minimum Gasteiger partial charge on any atom is -0.480 e. The summed E-state index contributed by atoms with van der Waals surface area (Å²) in [5.74, 6) is -1.95. The minimum absolute atomic E-state index is 0.143. The van der Waals surface area contributed by atoms with Gasteiger partial charge in [-0.1, -0.05) is 60.7 Å². The number of aliphatic carboxylic acids is 1. The second-order valence-corrected chi connectivity index (χ2v) is 6.29. The number of nitrogens with zero attached hydrogens (tertiary/aromatic N) is 2. The Morgan fingerprint density at radius 2 is 1.54 bits per heavy atom. The van der Waals surface area contributed by atoms with E-state index in [2.05, 4.69) is 10.4 Å². The third-order valence-electron chi connectivity index (χ3n) is 4.30. The second-order valence-electron chi connectivity index (χ2n) is 6.29. The summed E-state index contributed by atoms with van der Waals surface area (Å²) in [4.78, 5) is 36.9. The Hall–Kier alpha value is -3.74. The van der Waals surface area contributed by atoms with Gasteiger partial charge in [0.1, 0.15) is 11.6 Å². The molecule has 1 aromatic heterocycles. The Morgan fingerprint density at radius 3 is 2.07 bits per heavy atom. The van der Waals surface area contributed by atoms with E-state index in [0.717, 1.165) is 10.2 Å². The van der Waals surface area contributed by atoms with E-state index in [9.17, 15) is 14.4 Å². The van der Waals surface area contributed by atoms with Gasteiger partial charge in [-0.25, -0.2) is 4.68 Å². The minimum atomic E-state index is -1.19. The van der Waals surface area contributed by atoms with Crippen molar-refractivity contribution >= 4 is 11.9 Å². The molecule has 7 heteroatoms. The van der Waals surface area contributed by atoms with E-state index < -0.39 is 23.5 Å². The van der Waals surface area contributed by atoms with Crippen molar-refractivity contribution < 1.29 is 14.7 Å². The number of carbonyl (C=O) groups excluding carboxylic acids is 1. The van der Waals surface area contributed by atoms with Crippen molar-refractivity contribution in [3.05, 3.63) is 76.6 Å². The smallest absolute Gasteiger partial charge is 0.325 e. The molecule has 0 aliphatic rings. The molecule has 2 N–H and O–H groups in total. The van der Waals surface area contributed by atoms with Gasteiger partial charge in [-0.15, -0.1) is 0 Å². The van der Waals surface area contributed by atoms with Gasteiger partial charge in [0.2, 0.25) is 0 Å². The van der Waals surface area contributed by atoms with Gasteiger partial charge in [0.15, 0.2) is 0 Å². The summed E-state index contributed by atoms with van der Waals surface area (Å²) >= 11 is 0. The van der Waals surface area contributed by atoms with Gasteiger partial charge in [-0.3, -0.25) is 14.4 Å². The van der Waals surface area contributed by atoms with Crippen LogP contribution in [-0.2, 0) is 11.8 Å². The number of aryl methyl sites for hydroxylation is 1. The Bertz CT molecular complexity index is 1080. The predicted molar refractivity (Wildman–Crippen MR) is 105 cm³/mol. The highest BCUT2D eigenvalue weighted by Crippen LogP contribution is 2.31. The van der Waals surface area contributed by atoms with Crippen LogP contribution in [0.5, 0.6) is 0 Å². The Morgan fingerprint density at radius 1 is 1.00 bits per heavy atom. The molecule has 28 heavy (non-hydrogen) atoms. The first-order chi connectivity index (χ1) is 13.4. The van der Waals surface area contributed by atoms with Gasteiger partial charge >= 0.3 is 5.97 Å². The summed E-state index contributed by atoms with van der Waals surface area (Å²) < 4.78 is 1.09. The van der Waals surface area contributed by atoms with Crippen LogP contribution in [-0.4, -0.2) is 32.8 Å². The lowest BCUT2D eigenvalue weighted by Gasteiger charge is -2.17. The van der Waals surface area contributed by atoms with Crippen molar-refractivity contribution in [3.8, 4) is 22.4 Å². The largest absolute Gasteiger partial charge is 0.480 e. The third-order valence-corrected chi connectivity index (χ3v) is 4.30. The van der Waals surface area contributed by atoms with Crippen LogP contribution in [0.2, 0.25) is 0 Å². The van der Waals surface area contributed by atoms with Gasteiger partial charge in [-0.05, 0) is 12.5 Å². The van der Waals surface area contributed by atoms with Crippen molar-refractivity contribution in [3.63, 3.8) is 0 Å². The average molecular weight is 377 g/mol. The molecular formula is C21H19N3O4. The Labute approximate surface area is 161 Å². The van der Waals surface area contributed by atoms with E-state index in [1.807, 2.05) is 36.4 Å². The number of hydrogen-bond acceptors (Lipinski definition) is 4. The van der Waals surface area contributed by atoms with E-state index in [1.54, 1.807) is 24.3 Å². The van der Waals surface area contributed by atoms with Gasteiger partial charge in [0.05, 0.1) is 5.69 Å². The number of carboxylic acid groups (broad SMARTS) is 1. The molecule has 3 rings (SSSR count). The zero-order chi connectivity index (χ0) is 20.3. The molecule has 1 unspecified atom stereocenters. The SMILES string of the molecule is CC(NC(=O)c1c(-c2ccccc2)c(-c2ccccc2)nn(C)c1=O)C(=O)O. The number of carboxylic acids is 1. The van der Waals surface area contributed by atoms with Crippen LogP contribution >= 0.6 is 0 Å². The first-order valence-electron chi connectivity index (χ1n) is 8.66. The number of benzene rings is 2. The summed E-state index contributed by atoms with van der Waals surface area (Å²) in [7, 11) is 1.46. The van der Waals surface area contributed by atoms with Crippen molar-refractivity contribution in [1.82, 2.24) is 15.1 Å². The summed E-state index contributed by atoms with van der Waals surface area (Å²) in [5.41, 5.74) is 1.45. The van der Waals surface area contributed by atoms with Crippen LogP contribution in [0.3, 0.4) is 0 Å². The third kappa shape index (κ3) is 3.68. The fourth-order valence-corrected chi connectivity index (χ4v) is 2.86. The zero-order valence-corrected chi connectivity index (χ0v) is 15.4. The zero-order valence-electron chi connectivity index (χ0n) is 15.4. The van der Waals surface area contributed by atoms with Crippen LogP contribution in [0.4, 0.5) is 0 Å². The standard InChI is InChI=1S/C21H19N3O4/c1-13(21(27)28)22-19(25)17-16(14-9-5-3-6-10-14)18(23-24(2)20(17)26)15-11-7-4-8-12-15/h3-13H,1-2H3,(H,22,25)(H,27,28). The van der Waals surface area contributed by atoms with Crippen molar-refractivity contribution in [2.75, 3.05) is 0 Å². The van der Waals surface area contributed by atoms with E-state index in [1.165, 1.54) is 14.0 Å². The van der Waals surface area contributed by atoms with Gasteiger partial charge in [0.25, 0.3) is 11.5 Å². The Kier molecular flexibility index (Phi) is 5.35. The molecule has 0 spiro atoms.